The van der Waals surface area contributed by atoms with Gasteiger partial charge in [0.2, 0.25) is 0 Å². The molecule has 1 aromatic carbocycles. The Bertz CT molecular complexity index is 380. The first-order valence-electron chi connectivity index (χ1n) is 7.02. The third-order valence-electron chi connectivity index (χ3n) is 3.60. The second-order valence-corrected chi connectivity index (χ2v) is 6.19. The van der Waals surface area contributed by atoms with E-state index in [-0.39, 0.29) is 6.10 Å². The van der Waals surface area contributed by atoms with Crippen molar-refractivity contribution in [2.75, 3.05) is 5.33 Å². The molecule has 1 aliphatic heterocycles. The van der Waals surface area contributed by atoms with Gasteiger partial charge in [-0.15, -0.1) is 0 Å². The lowest BCUT2D eigenvalue weighted by Gasteiger charge is -2.34. The van der Waals surface area contributed by atoms with Gasteiger partial charge in [-0.3, -0.25) is 0 Å². The van der Waals surface area contributed by atoms with Gasteiger partial charge in [0, 0.05) is 5.33 Å². The maximum Gasteiger partial charge on any atom is 0.0925 e. The number of alkyl halides is 1. The van der Waals surface area contributed by atoms with Crippen LogP contribution in [0.15, 0.2) is 24.3 Å². The Balaban J connectivity index is 2.00. The van der Waals surface area contributed by atoms with Crippen molar-refractivity contribution in [3.8, 4) is 0 Å². The molecule has 2 rings (SSSR count). The lowest BCUT2D eigenvalue weighted by molar-refractivity contribution is -0.118. The van der Waals surface area contributed by atoms with Crippen molar-refractivity contribution < 1.29 is 9.47 Å². The van der Waals surface area contributed by atoms with E-state index in [1.54, 1.807) is 0 Å². The number of aryl methyl sites for hydroxylation is 1. The van der Waals surface area contributed by atoms with Gasteiger partial charge in [0.15, 0.2) is 0 Å². The summed E-state index contributed by atoms with van der Waals surface area (Å²) in [6, 6.07) is 8.61. The second kappa shape index (κ2) is 6.87. The second-order valence-electron chi connectivity index (χ2n) is 5.54. The highest BCUT2D eigenvalue weighted by atomic mass is 79.9. The van der Waals surface area contributed by atoms with Crippen LogP contribution in [0.3, 0.4) is 0 Å². The molecule has 0 N–H and O–H groups in total. The minimum absolute atomic E-state index is 0.128. The molecule has 106 valence electrons. The van der Waals surface area contributed by atoms with Crippen molar-refractivity contribution in [3.63, 3.8) is 0 Å². The van der Waals surface area contributed by atoms with Crippen LogP contribution in [0.4, 0.5) is 0 Å². The molecule has 3 unspecified atom stereocenters. The molecule has 1 aliphatic rings. The van der Waals surface area contributed by atoms with Gasteiger partial charge >= 0.3 is 0 Å². The number of rotatable bonds is 4. The van der Waals surface area contributed by atoms with Crippen LogP contribution in [-0.4, -0.2) is 23.6 Å². The average Bonchev–Trinajstić information content (AvgIpc) is 2.36. The average molecular weight is 327 g/mol. The fourth-order valence-corrected chi connectivity index (χ4v) is 3.20. The van der Waals surface area contributed by atoms with Gasteiger partial charge in [-0.25, -0.2) is 0 Å². The van der Waals surface area contributed by atoms with Crippen LogP contribution in [0.1, 0.15) is 43.9 Å². The number of halogens is 1. The van der Waals surface area contributed by atoms with Gasteiger partial charge in [0.1, 0.15) is 0 Å². The minimum atomic E-state index is 0.128. The maximum atomic E-state index is 6.28. The van der Waals surface area contributed by atoms with Crippen molar-refractivity contribution >= 4 is 15.9 Å². The van der Waals surface area contributed by atoms with Crippen LogP contribution in [0.2, 0.25) is 0 Å². The molecule has 0 amide bonds. The number of hydrogen-bond acceptors (Lipinski definition) is 2. The molecule has 0 bridgehead atoms. The zero-order chi connectivity index (χ0) is 13.8. The molecule has 0 saturated carbocycles. The molecule has 1 fully saturated rings. The summed E-state index contributed by atoms with van der Waals surface area (Å²) in [5.41, 5.74) is 2.53. The van der Waals surface area contributed by atoms with Crippen molar-refractivity contribution in [2.45, 2.75) is 58.0 Å². The quantitative estimate of drug-likeness (QED) is 0.763. The topological polar surface area (TPSA) is 18.5 Å². The molecule has 1 saturated heterocycles. The molecule has 1 heterocycles. The van der Waals surface area contributed by atoms with E-state index in [9.17, 15) is 0 Å². The highest BCUT2D eigenvalue weighted by Gasteiger charge is 2.27. The molecule has 3 atom stereocenters. The van der Waals surface area contributed by atoms with Crippen LogP contribution < -0.4 is 0 Å². The van der Waals surface area contributed by atoms with E-state index in [1.807, 2.05) is 0 Å². The van der Waals surface area contributed by atoms with Crippen molar-refractivity contribution in [3.05, 3.63) is 35.4 Å². The predicted octanol–water partition coefficient (Wildman–Crippen LogP) is 4.40. The maximum absolute atomic E-state index is 6.28. The fraction of sp³-hybridized carbons (Fsp3) is 0.625. The van der Waals surface area contributed by atoms with Crippen molar-refractivity contribution in [2.24, 2.45) is 0 Å². The summed E-state index contributed by atoms with van der Waals surface area (Å²) in [4.78, 5) is 0. The number of ether oxygens (including phenoxy) is 2. The Labute approximate surface area is 124 Å². The molecule has 3 heteroatoms. The van der Waals surface area contributed by atoms with Gasteiger partial charge in [0.05, 0.1) is 24.4 Å². The van der Waals surface area contributed by atoms with E-state index in [2.05, 4.69) is 61.0 Å². The van der Waals surface area contributed by atoms with Gasteiger partial charge in [-0.05, 0) is 39.2 Å². The molecule has 0 aliphatic carbocycles. The van der Waals surface area contributed by atoms with E-state index >= 15 is 0 Å². The van der Waals surface area contributed by atoms with Gasteiger partial charge in [-0.1, -0.05) is 45.8 Å². The Kier molecular flexibility index (Phi) is 5.43. The smallest absolute Gasteiger partial charge is 0.0925 e. The first-order chi connectivity index (χ1) is 9.08. The molecule has 0 aromatic heterocycles. The Morgan fingerprint density at radius 1 is 1.21 bits per heavy atom. The summed E-state index contributed by atoms with van der Waals surface area (Å²) in [5, 5.41) is 0.830. The SMILES string of the molecule is Cc1ccc(C(CBr)OC2CC(C)OC(C)C2)cc1. The van der Waals surface area contributed by atoms with Crippen LogP contribution in [-0.2, 0) is 9.47 Å². The van der Waals surface area contributed by atoms with Gasteiger partial charge in [0.25, 0.3) is 0 Å². The zero-order valence-electron chi connectivity index (χ0n) is 11.9. The summed E-state index contributed by atoms with van der Waals surface area (Å²) in [5.74, 6) is 0. The Morgan fingerprint density at radius 2 is 1.79 bits per heavy atom. The van der Waals surface area contributed by atoms with Crippen LogP contribution >= 0.6 is 15.9 Å². The highest BCUT2D eigenvalue weighted by molar-refractivity contribution is 9.09. The highest BCUT2D eigenvalue weighted by Crippen LogP contribution is 2.28. The van der Waals surface area contributed by atoms with E-state index in [4.69, 9.17) is 9.47 Å². The lowest BCUT2D eigenvalue weighted by atomic mass is 10.0. The fourth-order valence-electron chi connectivity index (χ4n) is 2.67. The normalized spacial score (nSPS) is 29.2. The summed E-state index contributed by atoms with van der Waals surface area (Å²) in [7, 11) is 0. The number of benzene rings is 1. The van der Waals surface area contributed by atoms with E-state index in [0.29, 0.717) is 18.3 Å². The summed E-state index contributed by atoms with van der Waals surface area (Å²) < 4.78 is 12.0. The van der Waals surface area contributed by atoms with Crippen LogP contribution in [0.25, 0.3) is 0 Å². The molecular formula is C16H23BrO2. The zero-order valence-corrected chi connectivity index (χ0v) is 13.5. The van der Waals surface area contributed by atoms with Crippen LogP contribution in [0, 0.1) is 6.92 Å². The van der Waals surface area contributed by atoms with Crippen molar-refractivity contribution in [1.29, 1.82) is 0 Å². The standard InChI is InChI=1S/C16H23BrO2/c1-11-4-6-14(7-5-11)16(10-17)19-15-8-12(2)18-13(3)9-15/h4-7,12-13,15-16H,8-10H2,1-3H3. The van der Waals surface area contributed by atoms with E-state index in [1.165, 1.54) is 11.1 Å². The third kappa shape index (κ3) is 4.30. The van der Waals surface area contributed by atoms with E-state index < -0.39 is 0 Å². The Morgan fingerprint density at radius 3 is 2.32 bits per heavy atom. The lowest BCUT2D eigenvalue weighted by Crippen LogP contribution is -2.35. The molecular weight excluding hydrogens is 304 g/mol. The molecule has 0 radical (unpaired) electrons. The third-order valence-corrected chi connectivity index (χ3v) is 4.19. The van der Waals surface area contributed by atoms with E-state index in [0.717, 1.165) is 18.2 Å². The monoisotopic (exact) mass is 326 g/mol. The predicted molar refractivity (Wildman–Crippen MR) is 81.8 cm³/mol. The molecule has 2 nitrogen and oxygen atoms in total. The molecule has 0 spiro atoms. The van der Waals surface area contributed by atoms with Gasteiger partial charge in [-0.2, -0.15) is 0 Å². The largest absolute Gasteiger partial charge is 0.375 e. The summed E-state index contributed by atoms with van der Waals surface area (Å²) in [6.07, 6.45) is 2.98. The summed E-state index contributed by atoms with van der Waals surface area (Å²) in [6.45, 7) is 6.36. The van der Waals surface area contributed by atoms with Crippen LogP contribution in [0.5, 0.6) is 0 Å². The van der Waals surface area contributed by atoms with Crippen molar-refractivity contribution in [1.82, 2.24) is 0 Å². The molecule has 19 heavy (non-hydrogen) atoms. The Hall–Kier alpha value is -0.380. The summed E-state index contributed by atoms with van der Waals surface area (Å²) >= 11 is 3.57. The molecule has 1 aromatic rings. The first kappa shape index (κ1) is 15.0. The minimum Gasteiger partial charge on any atom is -0.375 e. The number of hydrogen-bond donors (Lipinski definition) is 0. The first-order valence-corrected chi connectivity index (χ1v) is 8.14. The van der Waals surface area contributed by atoms with Gasteiger partial charge < -0.3 is 9.47 Å².